The highest BCUT2D eigenvalue weighted by Gasteiger charge is 2.46. The maximum absolute atomic E-state index is 14.3. The van der Waals surface area contributed by atoms with E-state index in [0.717, 1.165) is 39.4 Å². The van der Waals surface area contributed by atoms with E-state index in [1.165, 1.54) is 14.2 Å². The minimum atomic E-state index is -3.73. The number of carbonyl (C=O) groups is 4. The summed E-state index contributed by atoms with van der Waals surface area (Å²) >= 11 is 0. The van der Waals surface area contributed by atoms with E-state index in [1.54, 1.807) is 20.8 Å². The van der Waals surface area contributed by atoms with Crippen LogP contribution >= 0.6 is 0 Å². The molecule has 3 aromatic rings. The van der Waals surface area contributed by atoms with Gasteiger partial charge < -0.3 is 35.8 Å². The van der Waals surface area contributed by atoms with Crippen molar-refractivity contribution in [2.75, 3.05) is 27.0 Å². The molecule has 17 heteroatoms. The van der Waals surface area contributed by atoms with Gasteiger partial charge in [0, 0.05) is 51.4 Å². The Kier molecular flexibility index (Phi) is 17.1. The number of rotatable bonds is 20. The molecule has 3 aromatic carbocycles. The van der Waals surface area contributed by atoms with Gasteiger partial charge in [-0.15, -0.1) is 0 Å². The largest absolute Gasteiger partial charge is 0.491 e. The summed E-state index contributed by atoms with van der Waals surface area (Å²) in [6.45, 7) is 6.89. The molecule has 14 nitrogen and oxygen atoms in total. The number of hydrogen-bond acceptors (Lipinski definition) is 9. The Hall–Kier alpha value is -4.97. The van der Waals surface area contributed by atoms with Crippen molar-refractivity contribution in [2.45, 2.75) is 89.9 Å². The number of amides is 4. The molecule has 1 aliphatic rings. The van der Waals surface area contributed by atoms with Crippen LogP contribution in [0.2, 0.25) is 0 Å². The maximum Gasteiger partial charge on any atom is 0.249 e. The van der Waals surface area contributed by atoms with Crippen LogP contribution < -0.4 is 26.0 Å². The average molecular weight is 858 g/mol. The van der Waals surface area contributed by atoms with Crippen LogP contribution in [0.15, 0.2) is 72.8 Å². The first-order valence-corrected chi connectivity index (χ1v) is 21.6. The van der Waals surface area contributed by atoms with Crippen molar-refractivity contribution in [3.63, 3.8) is 0 Å². The van der Waals surface area contributed by atoms with Gasteiger partial charge in [0.15, 0.2) is 0 Å². The number of sulfonamides is 1. The summed E-state index contributed by atoms with van der Waals surface area (Å²) in [6, 6.07) is 15.7. The third-order valence-electron chi connectivity index (χ3n) is 10.8. The van der Waals surface area contributed by atoms with Crippen LogP contribution in [-0.2, 0) is 40.5 Å². The molecule has 0 bridgehead atoms. The zero-order valence-electron chi connectivity index (χ0n) is 35.0. The summed E-state index contributed by atoms with van der Waals surface area (Å²) < 4.78 is 65.5. The van der Waals surface area contributed by atoms with Crippen molar-refractivity contribution in [3.8, 4) is 5.75 Å². The number of aliphatic hydroxyl groups excluding tert-OH is 1. The van der Waals surface area contributed by atoms with Crippen LogP contribution in [0.3, 0.4) is 0 Å². The normalized spacial score (nSPS) is 19.2. The number of nitrogens with zero attached hydrogens (tertiary/aromatic N) is 1. The van der Waals surface area contributed by atoms with Gasteiger partial charge in [-0.1, -0.05) is 74.0 Å². The zero-order valence-corrected chi connectivity index (χ0v) is 35.8. The molecule has 0 spiro atoms. The predicted molar refractivity (Wildman–Crippen MR) is 221 cm³/mol. The number of carbonyl (C=O) groups excluding carboxylic acids is 4. The second-order valence-electron chi connectivity index (χ2n) is 15.8. The Balaban J connectivity index is 1.55. The summed E-state index contributed by atoms with van der Waals surface area (Å²) in [6.07, 6.45) is -2.39. The number of benzene rings is 3. The number of aliphatic hydroxyl groups is 1. The quantitative estimate of drug-likeness (QED) is 0.113. The minimum Gasteiger partial charge on any atom is -0.491 e. The minimum absolute atomic E-state index is 0.0161. The van der Waals surface area contributed by atoms with E-state index >= 15 is 0 Å². The van der Waals surface area contributed by atoms with E-state index in [1.807, 2.05) is 61.5 Å². The van der Waals surface area contributed by atoms with Crippen LogP contribution in [-0.4, -0.2) is 98.8 Å². The highest BCUT2D eigenvalue weighted by Crippen LogP contribution is 2.37. The standard InChI is InChI=1S/C43H57F2N5O9S/c1-25(2)39(43(55)46-23-28-11-9-8-10-12-28)49-42(54)38(58-6)22-37(51)36(24-59-33-18-30(44)17-31(45)19-33)48-41(53)35-21-32(50(5)60(7,56)57)20-34(35)40(52)47-27(4)29-15-13-26(3)14-16-29/h8-19,25,27,32,34-39,51H,20-24H2,1-7H3,(H,46,55)(H,47,52)(H,48,53)(H,49,54)/t27-,32-,34+,35+,36-,37-,38+,39-/m0/s1. The third kappa shape index (κ3) is 13.5. The molecule has 328 valence electrons. The highest BCUT2D eigenvalue weighted by molar-refractivity contribution is 7.88. The van der Waals surface area contributed by atoms with Crippen LogP contribution in [0.4, 0.5) is 8.78 Å². The Morgan fingerprint density at radius 3 is 2.00 bits per heavy atom. The fourth-order valence-electron chi connectivity index (χ4n) is 7.12. The maximum atomic E-state index is 14.3. The van der Waals surface area contributed by atoms with Crippen LogP contribution in [0, 0.1) is 36.3 Å². The lowest BCUT2D eigenvalue weighted by atomic mass is 9.92. The molecule has 0 radical (unpaired) electrons. The zero-order chi connectivity index (χ0) is 44.3. The van der Waals surface area contributed by atoms with E-state index in [4.69, 9.17) is 9.47 Å². The lowest BCUT2D eigenvalue weighted by Gasteiger charge is -2.30. The molecular formula is C43H57F2N5O9S. The molecule has 4 amide bonds. The van der Waals surface area contributed by atoms with Crippen LogP contribution in [0.25, 0.3) is 0 Å². The van der Waals surface area contributed by atoms with E-state index in [-0.39, 0.29) is 31.1 Å². The van der Waals surface area contributed by atoms with Gasteiger partial charge in [0.1, 0.15) is 36.1 Å². The molecule has 0 aliphatic heterocycles. The summed E-state index contributed by atoms with van der Waals surface area (Å²) in [5, 5.41) is 22.8. The monoisotopic (exact) mass is 857 g/mol. The Labute approximate surface area is 350 Å². The molecule has 0 heterocycles. The number of ether oxygens (including phenoxy) is 2. The third-order valence-corrected chi connectivity index (χ3v) is 12.2. The summed E-state index contributed by atoms with van der Waals surface area (Å²) in [5.74, 6) is -6.94. The highest BCUT2D eigenvalue weighted by atomic mass is 32.2. The molecule has 1 saturated carbocycles. The number of aryl methyl sites for hydroxylation is 1. The predicted octanol–water partition coefficient (Wildman–Crippen LogP) is 3.52. The first-order valence-electron chi connectivity index (χ1n) is 19.8. The molecule has 1 aliphatic carbocycles. The summed E-state index contributed by atoms with van der Waals surface area (Å²) in [5.41, 5.74) is 2.70. The van der Waals surface area contributed by atoms with Crippen molar-refractivity contribution >= 4 is 33.7 Å². The van der Waals surface area contributed by atoms with Crippen LogP contribution in [0.5, 0.6) is 5.75 Å². The smallest absolute Gasteiger partial charge is 0.249 e. The number of halogens is 2. The van der Waals surface area contributed by atoms with Gasteiger partial charge in [-0.25, -0.2) is 21.5 Å². The molecular weight excluding hydrogens is 801 g/mol. The number of hydrogen-bond donors (Lipinski definition) is 5. The van der Waals surface area contributed by atoms with Crippen molar-refractivity contribution in [2.24, 2.45) is 17.8 Å². The van der Waals surface area contributed by atoms with Gasteiger partial charge in [-0.05, 0) is 43.7 Å². The summed E-state index contributed by atoms with van der Waals surface area (Å²) in [7, 11) is -1.13. The van der Waals surface area contributed by atoms with Crippen molar-refractivity contribution in [3.05, 3.63) is 101 Å². The fourth-order valence-corrected chi connectivity index (χ4v) is 7.84. The fraction of sp³-hybridized carbons (Fsp3) is 0.488. The molecule has 1 fully saturated rings. The van der Waals surface area contributed by atoms with Gasteiger partial charge in [-0.3, -0.25) is 19.2 Å². The van der Waals surface area contributed by atoms with Gasteiger partial charge in [-0.2, -0.15) is 0 Å². The van der Waals surface area contributed by atoms with Crippen molar-refractivity contribution in [1.29, 1.82) is 0 Å². The first-order chi connectivity index (χ1) is 28.3. The first kappa shape index (κ1) is 47.7. The van der Waals surface area contributed by atoms with Gasteiger partial charge in [0.25, 0.3) is 0 Å². The van der Waals surface area contributed by atoms with Crippen molar-refractivity contribution in [1.82, 2.24) is 25.6 Å². The summed E-state index contributed by atoms with van der Waals surface area (Å²) in [4.78, 5) is 54.9. The second-order valence-corrected chi connectivity index (χ2v) is 17.8. The average Bonchev–Trinajstić information content (AvgIpc) is 3.65. The Morgan fingerprint density at radius 2 is 1.45 bits per heavy atom. The van der Waals surface area contributed by atoms with Gasteiger partial charge >= 0.3 is 0 Å². The molecule has 0 unspecified atom stereocenters. The van der Waals surface area contributed by atoms with Gasteiger partial charge in [0.05, 0.1) is 36.3 Å². The molecule has 8 atom stereocenters. The second kappa shape index (κ2) is 21.5. The van der Waals surface area contributed by atoms with Crippen LogP contribution in [0.1, 0.15) is 62.8 Å². The number of methoxy groups -OCH3 is 1. The van der Waals surface area contributed by atoms with E-state index < -0.39 is 107 Å². The van der Waals surface area contributed by atoms with Gasteiger partial charge in [0.2, 0.25) is 33.7 Å². The number of nitrogens with one attached hydrogen (secondary N) is 4. The molecule has 0 saturated heterocycles. The molecule has 0 aromatic heterocycles. The topological polar surface area (TPSA) is 192 Å². The Morgan fingerprint density at radius 1 is 0.867 bits per heavy atom. The van der Waals surface area contributed by atoms with E-state index in [2.05, 4.69) is 21.3 Å². The molecule has 4 rings (SSSR count). The lowest BCUT2D eigenvalue weighted by Crippen LogP contribution is -2.54. The van der Waals surface area contributed by atoms with E-state index in [0.29, 0.717) is 6.07 Å². The van der Waals surface area contributed by atoms with Crippen molar-refractivity contribution < 1.29 is 51.0 Å². The molecule has 60 heavy (non-hydrogen) atoms. The SMILES string of the molecule is CO[C@H](C[C@H](O)[C@H](COc1cc(F)cc(F)c1)NC(=O)[C@@H]1C[C@@H](N(C)S(C)(=O)=O)C[C@H]1C(=O)N[C@@H](C)c1ccc(C)cc1)C(=O)N[C@H](C(=O)NCc1ccccc1)C(C)C. The lowest BCUT2D eigenvalue weighted by molar-refractivity contribution is -0.138. The van der Waals surface area contributed by atoms with E-state index in [9.17, 15) is 41.5 Å². The Bertz CT molecular complexity index is 2020. The molecule has 5 N–H and O–H groups in total.